The molecular formula is C14H11ClN4O2. The number of nitro benzene ring substituents is 1. The zero-order chi connectivity index (χ0) is 15.4. The summed E-state index contributed by atoms with van der Waals surface area (Å²) in [5, 5.41) is 26.1. The second-order valence-corrected chi connectivity index (χ2v) is 4.61. The summed E-state index contributed by atoms with van der Waals surface area (Å²) in [6, 6.07) is 11.3. The standard InChI is InChI=1S/C14H11ClN4O2/c1-17-10-5-11(7-12(6-10)19(20)21)18-14-4-9(8-16)2-3-13(14)15/h2-7,17-18H,1H3. The van der Waals surface area contributed by atoms with E-state index in [1.54, 1.807) is 31.3 Å². The fourth-order valence-corrected chi connectivity index (χ4v) is 1.94. The van der Waals surface area contributed by atoms with Gasteiger partial charge < -0.3 is 10.6 Å². The highest BCUT2D eigenvalue weighted by Gasteiger charge is 2.10. The second kappa shape index (κ2) is 6.11. The predicted molar refractivity (Wildman–Crippen MR) is 82.1 cm³/mol. The van der Waals surface area contributed by atoms with Crippen LogP contribution in [0.15, 0.2) is 36.4 Å². The monoisotopic (exact) mass is 302 g/mol. The summed E-state index contributed by atoms with van der Waals surface area (Å²) in [7, 11) is 1.67. The first kappa shape index (κ1) is 14.6. The van der Waals surface area contributed by atoms with Crippen LogP contribution in [0.4, 0.5) is 22.7 Å². The van der Waals surface area contributed by atoms with Gasteiger partial charge >= 0.3 is 0 Å². The Hall–Kier alpha value is -2.78. The molecule has 0 aliphatic carbocycles. The van der Waals surface area contributed by atoms with Crippen molar-refractivity contribution < 1.29 is 4.92 Å². The number of halogens is 1. The summed E-state index contributed by atoms with van der Waals surface area (Å²) in [6.07, 6.45) is 0. The first-order chi connectivity index (χ1) is 10.0. The third-order valence-corrected chi connectivity index (χ3v) is 3.12. The van der Waals surface area contributed by atoms with Crippen LogP contribution in [0.3, 0.4) is 0 Å². The van der Waals surface area contributed by atoms with Gasteiger partial charge in [-0.3, -0.25) is 10.1 Å². The van der Waals surface area contributed by atoms with E-state index in [1.807, 2.05) is 6.07 Å². The number of anilines is 3. The molecule has 2 aromatic rings. The maximum absolute atomic E-state index is 10.9. The molecule has 0 saturated heterocycles. The smallest absolute Gasteiger partial charge is 0.273 e. The van der Waals surface area contributed by atoms with Crippen LogP contribution in [0.1, 0.15) is 5.56 Å². The molecule has 0 heterocycles. The third-order valence-electron chi connectivity index (χ3n) is 2.79. The highest BCUT2D eigenvalue weighted by molar-refractivity contribution is 6.33. The van der Waals surface area contributed by atoms with Crippen molar-refractivity contribution >= 4 is 34.4 Å². The maximum Gasteiger partial charge on any atom is 0.273 e. The van der Waals surface area contributed by atoms with Crippen LogP contribution in [0.2, 0.25) is 5.02 Å². The highest BCUT2D eigenvalue weighted by atomic mass is 35.5. The van der Waals surface area contributed by atoms with Gasteiger partial charge in [-0.05, 0) is 24.3 Å². The first-order valence-electron chi connectivity index (χ1n) is 5.97. The molecule has 0 aliphatic heterocycles. The SMILES string of the molecule is CNc1cc(Nc2cc(C#N)ccc2Cl)cc([N+](=O)[O-])c1. The number of nitrogens with zero attached hydrogens (tertiary/aromatic N) is 2. The zero-order valence-corrected chi connectivity index (χ0v) is 11.8. The molecule has 21 heavy (non-hydrogen) atoms. The molecule has 2 rings (SSSR count). The number of non-ortho nitro benzene ring substituents is 1. The Balaban J connectivity index is 2.41. The molecule has 6 nitrogen and oxygen atoms in total. The van der Waals surface area contributed by atoms with E-state index in [4.69, 9.17) is 16.9 Å². The van der Waals surface area contributed by atoms with Gasteiger partial charge in [0.1, 0.15) is 0 Å². The van der Waals surface area contributed by atoms with Crippen LogP contribution in [-0.4, -0.2) is 12.0 Å². The van der Waals surface area contributed by atoms with Gasteiger partial charge in [-0.1, -0.05) is 11.6 Å². The molecular weight excluding hydrogens is 292 g/mol. The van der Waals surface area contributed by atoms with E-state index >= 15 is 0 Å². The second-order valence-electron chi connectivity index (χ2n) is 4.21. The Morgan fingerprint density at radius 2 is 1.95 bits per heavy atom. The molecule has 0 aliphatic rings. The van der Waals surface area contributed by atoms with Crippen molar-refractivity contribution in [2.75, 3.05) is 17.7 Å². The van der Waals surface area contributed by atoms with Crippen molar-refractivity contribution in [3.8, 4) is 6.07 Å². The van der Waals surface area contributed by atoms with Crippen molar-refractivity contribution in [2.24, 2.45) is 0 Å². The molecule has 2 N–H and O–H groups in total. The molecule has 106 valence electrons. The van der Waals surface area contributed by atoms with E-state index in [1.165, 1.54) is 12.1 Å². The minimum absolute atomic E-state index is 0.0445. The number of hydrogen-bond acceptors (Lipinski definition) is 5. The van der Waals surface area contributed by atoms with Crippen LogP contribution >= 0.6 is 11.6 Å². The van der Waals surface area contributed by atoms with Gasteiger partial charge in [0, 0.05) is 30.6 Å². The van der Waals surface area contributed by atoms with E-state index < -0.39 is 4.92 Å². The molecule has 0 radical (unpaired) electrons. The van der Waals surface area contributed by atoms with Crippen LogP contribution in [0.5, 0.6) is 0 Å². The lowest BCUT2D eigenvalue weighted by Gasteiger charge is -2.10. The van der Waals surface area contributed by atoms with E-state index in [2.05, 4.69) is 10.6 Å². The molecule has 0 saturated carbocycles. The average molecular weight is 303 g/mol. The van der Waals surface area contributed by atoms with Crippen LogP contribution < -0.4 is 10.6 Å². The van der Waals surface area contributed by atoms with E-state index in [0.29, 0.717) is 27.6 Å². The first-order valence-corrected chi connectivity index (χ1v) is 6.35. The van der Waals surface area contributed by atoms with Gasteiger partial charge in [0.15, 0.2) is 0 Å². The fourth-order valence-electron chi connectivity index (χ4n) is 1.78. The molecule has 0 bridgehead atoms. The van der Waals surface area contributed by atoms with Gasteiger partial charge in [-0.25, -0.2) is 0 Å². The molecule has 0 fully saturated rings. The molecule has 0 amide bonds. The Labute approximate surface area is 126 Å². The maximum atomic E-state index is 10.9. The molecule has 0 aromatic heterocycles. The minimum atomic E-state index is -0.473. The Morgan fingerprint density at radius 3 is 2.57 bits per heavy atom. The molecule has 0 atom stereocenters. The topological polar surface area (TPSA) is 91.0 Å². The largest absolute Gasteiger partial charge is 0.388 e. The van der Waals surface area contributed by atoms with Crippen LogP contribution in [-0.2, 0) is 0 Å². The summed E-state index contributed by atoms with van der Waals surface area (Å²) in [4.78, 5) is 10.4. The number of nitro groups is 1. The number of rotatable bonds is 4. The van der Waals surface area contributed by atoms with E-state index in [9.17, 15) is 10.1 Å². The van der Waals surface area contributed by atoms with Gasteiger partial charge in [-0.15, -0.1) is 0 Å². The van der Waals surface area contributed by atoms with Gasteiger partial charge in [0.05, 0.1) is 27.3 Å². The minimum Gasteiger partial charge on any atom is -0.388 e. The lowest BCUT2D eigenvalue weighted by Crippen LogP contribution is -1.97. The van der Waals surface area contributed by atoms with Crippen molar-refractivity contribution in [3.63, 3.8) is 0 Å². The normalized spacial score (nSPS) is 9.76. The van der Waals surface area contributed by atoms with Gasteiger partial charge in [-0.2, -0.15) is 5.26 Å². The number of nitriles is 1. The predicted octanol–water partition coefficient (Wildman–Crippen LogP) is 3.91. The van der Waals surface area contributed by atoms with Crippen LogP contribution in [0.25, 0.3) is 0 Å². The lowest BCUT2D eigenvalue weighted by atomic mass is 10.2. The van der Waals surface area contributed by atoms with E-state index in [-0.39, 0.29) is 5.69 Å². The number of hydrogen-bond donors (Lipinski definition) is 2. The molecule has 0 spiro atoms. The zero-order valence-electron chi connectivity index (χ0n) is 11.1. The van der Waals surface area contributed by atoms with Crippen molar-refractivity contribution in [1.29, 1.82) is 5.26 Å². The third kappa shape index (κ3) is 3.41. The highest BCUT2D eigenvalue weighted by Crippen LogP contribution is 2.30. The van der Waals surface area contributed by atoms with Crippen molar-refractivity contribution in [1.82, 2.24) is 0 Å². The summed E-state index contributed by atoms with van der Waals surface area (Å²) < 4.78 is 0. The van der Waals surface area contributed by atoms with Crippen molar-refractivity contribution in [3.05, 3.63) is 57.1 Å². The summed E-state index contributed by atoms with van der Waals surface area (Å²) in [5.41, 5.74) is 2.01. The molecule has 2 aromatic carbocycles. The molecule has 7 heteroatoms. The fraction of sp³-hybridized carbons (Fsp3) is 0.0714. The Bertz CT molecular complexity index is 740. The van der Waals surface area contributed by atoms with Crippen molar-refractivity contribution in [2.45, 2.75) is 0 Å². The Morgan fingerprint density at radius 1 is 1.24 bits per heavy atom. The van der Waals surface area contributed by atoms with Crippen LogP contribution in [0, 0.1) is 21.4 Å². The lowest BCUT2D eigenvalue weighted by molar-refractivity contribution is -0.384. The quantitative estimate of drug-likeness (QED) is 0.660. The van der Waals surface area contributed by atoms with Gasteiger partial charge in [0.2, 0.25) is 0 Å². The average Bonchev–Trinajstić information content (AvgIpc) is 2.49. The van der Waals surface area contributed by atoms with Gasteiger partial charge in [0.25, 0.3) is 5.69 Å². The molecule has 0 unspecified atom stereocenters. The summed E-state index contributed by atoms with van der Waals surface area (Å²) >= 11 is 6.06. The summed E-state index contributed by atoms with van der Waals surface area (Å²) in [6.45, 7) is 0. The summed E-state index contributed by atoms with van der Waals surface area (Å²) in [5.74, 6) is 0. The number of benzene rings is 2. The number of nitrogens with one attached hydrogen (secondary N) is 2. The Kier molecular flexibility index (Phi) is 4.26. The van der Waals surface area contributed by atoms with E-state index in [0.717, 1.165) is 0 Å².